The molecule has 1 aliphatic carbocycles. The van der Waals surface area contributed by atoms with E-state index in [9.17, 15) is 9.59 Å². The molecule has 9 heteroatoms. The van der Waals surface area contributed by atoms with Crippen molar-refractivity contribution in [3.63, 3.8) is 0 Å². The maximum absolute atomic E-state index is 13.9. The largest absolute Gasteiger partial charge is 0.383 e. The van der Waals surface area contributed by atoms with Gasteiger partial charge in [0.25, 0.3) is 11.5 Å². The van der Waals surface area contributed by atoms with Crippen LogP contribution in [0.3, 0.4) is 0 Å². The third-order valence-electron chi connectivity index (χ3n) is 6.16. The van der Waals surface area contributed by atoms with E-state index in [2.05, 4.69) is 15.1 Å². The molecule has 5 rings (SSSR count). The summed E-state index contributed by atoms with van der Waals surface area (Å²) in [5, 5.41) is 5.76. The number of methoxy groups -OCH3 is 1. The van der Waals surface area contributed by atoms with E-state index in [0.29, 0.717) is 41.4 Å². The SMILES string of the molecule is COCCN(Cc1nc2ccccc2c(=O)[nH]1)C(=O)c1cc(C2CC2)nc2c1cnn2C(C)C. The molecular formula is C25H28N6O3. The maximum Gasteiger partial charge on any atom is 0.258 e. The van der Waals surface area contributed by atoms with Gasteiger partial charge in [0.05, 0.1) is 41.2 Å². The fourth-order valence-electron chi connectivity index (χ4n) is 4.20. The molecule has 1 saturated carbocycles. The molecule has 0 atom stereocenters. The lowest BCUT2D eigenvalue weighted by atomic mass is 10.1. The van der Waals surface area contributed by atoms with Gasteiger partial charge in [-0.2, -0.15) is 5.10 Å². The Morgan fingerprint density at radius 1 is 1.24 bits per heavy atom. The lowest BCUT2D eigenvalue weighted by Gasteiger charge is -2.23. The zero-order chi connectivity index (χ0) is 23.8. The normalized spacial score (nSPS) is 13.8. The average Bonchev–Trinajstić information content (AvgIpc) is 3.59. The van der Waals surface area contributed by atoms with E-state index in [1.807, 2.05) is 30.7 Å². The van der Waals surface area contributed by atoms with Gasteiger partial charge >= 0.3 is 0 Å². The van der Waals surface area contributed by atoms with Crippen LogP contribution in [0.2, 0.25) is 0 Å². The Bertz CT molecular complexity index is 1420. The van der Waals surface area contributed by atoms with Crippen molar-refractivity contribution in [1.29, 1.82) is 0 Å². The van der Waals surface area contributed by atoms with Crippen molar-refractivity contribution in [2.75, 3.05) is 20.3 Å². The summed E-state index contributed by atoms with van der Waals surface area (Å²) in [4.78, 5) is 40.4. The number of aromatic nitrogens is 5. The number of benzene rings is 1. The number of pyridine rings is 1. The molecule has 0 radical (unpaired) electrons. The second-order valence-electron chi connectivity index (χ2n) is 9.04. The van der Waals surface area contributed by atoms with Crippen molar-refractivity contribution in [2.45, 2.75) is 45.2 Å². The zero-order valence-electron chi connectivity index (χ0n) is 19.6. The van der Waals surface area contributed by atoms with Crippen LogP contribution in [-0.2, 0) is 11.3 Å². The summed E-state index contributed by atoms with van der Waals surface area (Å²) in [6, 6.07) is 9.20. The van der Waals surface area contributed by atoms with Gasteiger partial charge in [0.2, 0.25) is 0 Å². The van der Waals surface area contributed by atoms with Crippen LogP contribution < -0.4 is 5.56 Å². The number of hydrogen-bond acceptors (Lipinski definition) is 6. The first-order chi connectivity index (χ1) is 16.5. The molecule has 34 heavy (non-hydrogen) atoms. The quantitative estimate of drug-likeness (QED) is 0.432. The Hall–Kier alpha value is -3.59. The van der Waals surface area contributed by atoms with Crippen LogP contribution in [0.15, 0.2) is 41.3 Å². The lowest BCUT2D eigenvalue weighted by Crippen LogP contribution is -2.35. The summed E-state index contributed by atoms with van der Waals surface area (Å²) in [5.41, 5.74) is 2.60. The monoisotopic (exact) mass is 460 g/mol. The Morgan fingerprint density at radius 3 is 2.76 bits per heavy atom. The van der Waals surface area contributed by atoms with Crippen LogP contribution in [0.4, 0.5) is 0 Å². The summed E-state index contributed by atoms with van der Waals surface area (Å²) in [5.74, 6) is 0.654. The summed E-state index contributed by atoms with van der Waals surface area (Å²) in [6.45, 7) is 4.96. The number of carbonyl (C=O) groups is 1. The first-order valence-corrected chi connectivity index (χ1v) is 11.6. The van der Waals surface area contributed by atoms with E-state index in [1.54, 1.807) is 36.4 Å². The molecular weight excluding hydrogens is 432 g/mol. The number of fused-ring (bicyclic) bond motifs is 2. The molecule has 0 saturated heterocycles. The van der Waals surface area contributed by atoms with Gasteiger partial charge in [-0.15, -0.1) is 0 Å². The molecule has 1 aliphatic rings. The fraction of sp³-hybridized carbons (Fsp3) is 0.400. The molecule has 1 amide bonds. The van der Waals surface area contributed by atoms with Gasteiger partial charge in [-0.3, -0.25) is 9.59 Å². The van der Waals surface area contributed by atoms with Gasteiger partial charge in [-0.1, -0.05) is 12.1 Å². The molecule has 0 unspecified atom stereocenters. The highest BCUT2D eigenvalue weighted by atomic mass is 16.5. The number of H-pyrrole nitrogens is 1. The highest BCUT2D eigenvalue weighted by Gasteiger charge is 2.29. The minimum absolute atomic E-state index is 0.124. The van der Waals surface area contributed by atoms with Crippen LogP contribution in [0, 0.1) is 0 Å². The Morgan fingerprint density at radius 2 is 2.03 bits per heavy atom. The van der Waals surface area contributed by atoms with Crippen LogP contribution in [0.25, 0.3) is 21.9 Å². The molecule has 0 bridgehead atoms. The number of amides is 1. The van der Waals surface area contributed by atoms with Crippen molar-refractivity contribution in [3.05, 3.63) is 64.0 Å². The molecule has 3 heterocycles. The third kappa shape index (κ3) is 4.19. The second kappa shape index (κ2) is 8.98. The number of ether oxygens (including phenoxy) is 1. The van der Waals surface area contributed by atoms with Crippen molar-refractivity contribution in [3.8, 4) is 0 Å². The number of carbonyl (C=O) groups excluding carboxylic acids is 1. The number of nitrogens with zero attached hydrogens (tertiary/aromatic N) is 5. The fourth-order valence-corrected chi connectivity index (χ4v) is 4.20. The molecule has 1 N–H and O–H groups in total. The summed E-state index contributed by atoms with van der Waals surface area (Å²) < 4.78 is 7.13. The van der Waals surface area contributed by atoms with Gasteiger partial charge < -0.3 is 14.6 Å². The van der Waals surface area contributed by atoms with Gasteiger partial charge in [0.1, 0.15) is 5.82 Å². The first-order valence-electron chi connectivity index (χ1n) is 11.6. The predicted octanol–water partition coefficient (Wildman–Crippen LogP) is 3.41. The van der Waals surface area contributed by atoms with Gasteiger partial charge in [-0.25, -0.2) is 14.6 Å². The Labute approximate surface area is 196 Å². The van der Waals surface area contributed by atoms with Crippen molar-refractivity contribution < 1.29 is 9.53 Å². The van der Waals surface area contributed by atoms with Crippen LogP contribution in [0.5, 0.6) is 0 Å². The smallest absolute Gasteiger partial charge is 0.258 e. The second-order valence-corrected chi connectivity index (χ2v) is 9.04. The Kier molecular flexibility index (Phi) is 5.87. The lowest BCUT2D eigenvalue weighted by molar-refractivity contribution is 0.0677. The molecule has 3 aromatic heterocycles. The van der Waals surface area contributed by atoms with Crippen molar-refractivity contribution in [2.24, 2.45) is 0 Å². The number of para-hydroxylation sites is 1. The molecule has 1 fully saturated rings. The topological polar surface area (TPSA) is 106 Å². The highest BCUT2D eigenvalue weighted by molar-refractivity contribution is 6.05. The van der Waals surface area contributed by atoms with E-state index >= 15 is 0 Å². The molecule has 4 aromatic rings. The van der Waals surface area contributed by atoms with Crippen molar-refractivity contribution >= 4 is 27.8 Å². The van der Waals surface area contributed by atoms with Crippen LogP contribution in [0.1, 0.15) is 60.5 Å². The molecule has 176 valence electrons. The average molecular weight is 461 g/mol. The van der Waals surface area contributed by atoms with Gasteiger partial charge in [0, 0.05) is 31.3 Å². The number of aromatic amines is 1. The number of nitrogens with one attached hydrogen (secondary N) is 1. The van der Waals surface area contributed by atoms with E-state index in [1.165, 1.54) is 0 Å². The van der Waals surface area contributed by atoms with Crippen LogP contribution >= 0.6 is 0 Å². The first kappa shape index (κ1) is 22.2. The minimum atomic E-state index is -0.222. The number of rotatable bonds is 8. The molecule has 0 spiro atoms. The molecule has 1 aromatic carbocycles. The van der Waals surface area contributed by atoms with E-state index in [0.717, 1.165) is 29.6 Å². The highest BCUT2D eigenvalue weighted by Crippen LogP contribution is 2.40. The maximum atomic E-state index is 13.9. The summed E-state index contributed by atoms with van der Waals surface area (Å²) in [7, 11) is 1.60. The third-order valence-corrected chi connectivity index (χ3v) is 6.16. The van der Waals surface area contributed by atoms with E-state index < -0.39 is 0 Å². The van der Waals surface area contributed by atoms with E-state index in [4.69, 9.17) is 9.72 Å². The minimum Gasteiger partial charge on any atom is -0.383 e. The van der Waals surface area contributed by atoms with Gasteiger partial charge in [-0.05, 0) is 44.9 Å². The Balaban J connectivity index is 1.55. The zero-order valence-corrected chi connectivity index (χ0v) is 19.6. The molecule has 0 aliphatic heterocycles. The molecule has 9 nitrogen and oxygen atoms in total. The van der Waals surface area contributed by atoms with Crippen LogP contribution in [-0.4, -0.2) is 55.8 Å². The van der Waals surface area contributed by atoms with Gasteiger partial charge in [0.15, 0.2) is 5.65 Å². The van der Waals surface area contributed by atoms with E-state index in [-0.39, 0.29) is 24.1 Å². The number of hydrogen-bond donors (Lipinski definition) is 1. The predicted molar refractivity (Wildman–Crippen MR) is 129 cm³/mol. The summed E-state index contributed by atoms with van der Waals surface area (Å²) in [6.07, 6.45) is 3.88. The van der Waals surface area contributed by atoms with Crippen molar-refractivity contribution in [1.82, 2.24) is 29.6 Å². The summed E-state index contributed by atoms with van der Waals surface area (Å²) >= 11 is 0. The standard InChI is InChI=1S/C25H28N6O3/c1-15(2)31-23-19(13-26-31)18(12-21(28-23)16-8-9-16)25(33)30(10-11-34-3)14-22-27-20-7-5-4-6-17(20)24(32)29-22/h4-7,12-13,15-16H,8-11,14H2,1-3H3,(H,27,29,32).